The molecule has 0 N–H and O–H groups in total. The molecule has 98 valence electrons. The quantitative estimate of drug-likeness (QED) is 0.753. The van der Waals surface area contributed by atoms with Crippen LogP contribution in [0, 0.1) is 17.0 Å². The zero-order valence-corrected chi connectivity index (χ0v) is 10.7. The van der Waals surface area contributed by atoms with Crippen molar-refractivity contribution >= 4 is 12.0 Å². The van der Waals surface area contributed by atoms with Gasteiger partial charge in [0.25, 0.3) is 0 Å². The van der Waals surface area contributed by atoms with Gasteiger partial charge in [-0.3, -0.25) is 4.79 Å². The Morgan fingerprint density at radius 3 is 2.39 bits per heavy atom. The van der Waals surface area contributed by atoms with Crippen molar-refractivity contribution in [2.45, 2.75) is 26.7 Å². The van der Waals surface area contributed by atoms with Crippen LogP contribution in [0.5, 0.6) is 0 Å². The summed E-state index contributed by atoms with van der Waals surface area (Å²) in [5.74, 6) is -1.32. The molecule has 1 saturated heterocycles. The lowest BCUT2D eigenvalue weighted by atomic mass is 9.84. The number of hydrogen-bond donors (Lipinski definition) is 0. The van der Waals surface area contributed by atoms with Crippen molar-refractivity contribution in [1.82, 2.24) is 0 Å². The summed E-state index contributed by atoms with van der Waals surface area (Å²) in [6.07, 6.45) is 2.43. The molecule has 4 heteroatoms. The summed E-state index contributed by atoms with van der Waals surface area (Å²) in [4.78, 5) is 12.3. The molecule has 2 nitrogen and oxygen atoms in total. The molecule has 0 unspecified atom stereocenters. The first kappa shape index (κ1) is 13.0. The molecule has 1 aliphatic heterocycles. The number of carbonyl (C=O) groups excluding carboxylic acids is 1. The van der Waals surface area contributed by atoms with E-state index >= 15 is 0 Å². The molecule has 2 rings (SSSR count). The van der Waals surface area contributed by atoms with Gasteiger partial charge in [0, 0.05) is 18.7 Å². The normalized spacial score (nSPS) is 18.8. The standard InChI is InChI=1S/C14H17F2NO/c1-14(2)4-3-5-17(9-14)13-11(15)6-10(8-18)7-12(13)16/h6-8H,3-5,9H2,1-2H3. The van der Waals surface area contributed by atoms with Crippen molar-refractivity contribution in [2.24, 2.45) is 5.41 Å². The lowest BCUT2D eigenvalue weighted by Gasteiger charge is -2.39. The van der Waals surface area contributed by atoms with Crippen LogP contribution in [0.3, 0.4) is 0 Å². The van der Waals surface area contributed by atoms with Gasteiger partial charge in [-0.15, -0.1) is 0 Å². The van der Waals surface area contributed by atoms with Crippen LogP contribution in [0.25, 0.3) is 0 Å². The molecular formula is C14H17F2NO. The van der Waals surface area contributed by atoms with Crippen molar-refractivity contribution in [1.29, 1.82) is 0 Å². The van der Waals surface area contributed by atoms with Gasteiger partial charge in [0.05, 0.1) is 0 Å². The van der Waals surface area contributed by atoms with E-state index in [2.05, 4.69) is 13.8 Å². The van der Waals surface area contributed by atoms with Gasteiger partial charge >= 0.3 is 0 Å². The highest BCUT2D eigenvalue weighted by molar-refractivity contribution is 5.76. The van der Waals surface area contributed by atoms with E-state index in [1.165, 1.54) is 0 Å². The number of benzene rings is 1. The largest absolute Gasteiger partial charge is 0.366 e. The first-order valence-electron chi connectivity index (χ1n) is 6.12. The number of anilines is 1. The minimum absolute atomic E-state index is 0.00613. The second kappa shape index (κ2) is 4.67. The molecular weight excluding hydrogens is 236 g/mol. The number of piperidine rings is 1. The molecule has 18 heavy (non-hydrogen) atoms. The molecule has 1 aromatic carbocycles. The van der Waals surface area contributed by atoms with E-state index in [1.807, 2.05) is 0 Å². The Hall–Kier alpha value is -1.45. The summed E-state index contributed by atoms with van der Waals surface area (Å²) in [7, 11) is 0. The lowest BCUT2D eigenvalue weighted by Crippen LogP contribution is -2.41. The van der Waals surface area contributed by atoms with Gasteiger partial charge in [0.1, 0.15) is 23.6 Å². The number of carbonyl (C=O) groups is 1. The zero-order valence-electron chi connectivity index (χ0n) is 10.7. The van der Waals surface area contributed by atoms with Gasteiger partial charge in [-0.2, -0.15) is 0 Å². The second-order valence-electron chi connectivity index (χ2n) is 5.64. The van der Waals surface area contributed by atoms with Gasteiger partial charge < -0.3 is 4.90 Å². The third kappa shape index (κ3) is 2.52. The fourth-order valence-electron chi connectivity index (χ4n) is 2.57. The number of rotatable bonds is 2. The smallest absolute Gasteiger partial charge is 0.150 e. The highest BCUT2D eigenvalue weighted by Crippen LogP contribution is 2.34. The highest BCUT2D eigenvalue weighted by Gasteiger charge is 2.29. The Morgan fingerprint density at radius 1 is 1.28 bits per heavy atom. The predicted octanol–water partition coefficient (Wildman–Crippen LogP) is 3.40. The summed E-state index contributed by atoms with van der Waals surface area (Å²) >= 11 is 0. The first-order chi connectivity index (χ1) is 8.43. The fraction of sp³-hybridized carbons (Fsp3) is 0.500. The van der Waals surface area contributed by atoms with Gasteiger partial charge in [0.2, 0.25) is 0 Å². The lowest BCUT2D eigenvalue weighted by molar-refractivity contribution is 0.112. The minimum atomic E-state index is -0.658. The van der Waals surface area contributed by atoms with Crippen LogP contribution in [-0.4, -0.2) is 19.4 Å². The van der Waals surface area contributed by atoms with Crippen molar-refractivity contribution < 1.29 is 13.6 Å². The molecule has 0 aliphatic carbocycles. The predicted molar refractivity (Wildman–Crippen MR) is 67.0 cm³/mol. The van der Waals surface area contributed by atoms with Crippen LogP contribution in [0.2, 0.25) is 0 Å². The zero-order chi connectivity index (χ0) is 13.3. The molecule has 1 aliphatic rings. The van der Waals surface area contributed by atoms with Crippen LogP contribution >= 0.6 is 0 Å². The summed E-state index contributed by atoms with van der Waals surface area (Å²) < 4.78 is 27.8. The van der Waals surface area contributed by atoms with Crippen molar-refractivity contribution in [3.05, 3.63) is 29.3 Å². The Balaban J connectivity index is 2.36. The molecule has 0 aromatic heterocycles. The molecule has 0 atom stereocenters. The summed E-state index contributed by atoms with van der Waals surface area (Å²) in [6, 6.07) is 2.18. The molecule has 0 amide bonds. The van der Waals surface area contributed by atoms with E-state index in [0.29, 0.717) is 19.4 Å². The van der Waals surface area contributed by atoms with Gasteiger partial charge in [-0.1, -0.05) is 13.8 Å². The Bertz CT molecular complexity index is 448. The maximum absolute atomic E-state index is 13.9. The van der Waals surface area contributed by atoms with Crippen LogP contribution in [0.4, 0.5) is 14.5 Å². The molecule has 1 fully saturated rings. The first-order valence-corrected chi connectivity index (χ1v) is 6.12. The van der Waals surface area contributed by atoms with E-state index in [0.717, 1.165) is 25.0 Å². The molecule has 0 spiro atoms. The monoisotopic (exact) mass is 253 g/mol. The third-order valence-electron chi connectivity index (χ3n) is 3.39. The molecule has 1 heterocycles. The maximum Gasteiger partial charge on any atom is 0.150 e. The van der Waals surface area contributed by atoms with E-state index in [1.54, 1.807) is 4.90 Å². The topological polar surface area (TPSA) is 20.3 Å². The Kier molecular flexibility index (Phi) is 3.37. The van der Waals surface area contributed by atoms with Crippen LogP contribution in [-0.2, 0) is 0 Å². The van der Waals surface area contributed by atoms with Crippen LogP contribution in [0.15, 0.2) is 12.1 Å². The number of nitrogens with zero attached hydrogens (tertiary/aromatic N) is 1. The van der Waals surface area contributed by atoms with Gasteiger partial charge in [-0.25, -0.2) is 8.78 Å². The van der Waals surface area contributed by atoms with Gasteiger partial charge in [0.15, 0.2) is 0 Å². The Labute approximate surface area is 106 Å². The second-order valence-corrected chi connectivity index (χ2v) is 5.64. The number of halogens is 2. The van der Waals surface area contributed by atoms with Crippen molar-refractivity contribution in [3.8, 4) is 0 Å². The SMILES string of the molecule is CC1(C)CCCN(c2c(F)cc(C=O)cc2F)C1. The average Bonchev–Trinajstić information content (AvgIpc) is 2.26. The molecule has 0 saturated carbocycles. The van der Waals surface area contributed by atoms with Crippen LogP contribution < -0.4 is 4.90 Å². The van der Waals surface area contributed by atoms with Crippen LogP contribution in [0.1, 0.15) is 37.0 Å². The third-order valence-corrected chi connectivity index (χ3v) is 3.39. The van der Waals surface area contributed by atoms with E-state index in [-0.39, 0.29) is 16.7 Å². The van der Waals surface area contributed by atoms with Crippen molar-refractivity contribution in [2.75, 3.05) is 18.0 Å². The average molecular weight is 253 g/mol. The molecule has 0 radical (unpaired) electrons. The van der Waals surface area contributed by atoms with E-state index in [9.17, 15) is 13.6 Å². The summed E-state index contributed by atoms with van der Waals surface area (Å²) in [5, 5.41) is 0. The number of hydrogen-bond acceptors (Lipinski definition) is 2. The molecule has 0 bridgehead atoms. The summed E-state index contributed by atoms with van der Waals surface area (Å²) in [5.41, 5.74) is 0.0823. The fourth-order valence-corrected chi connectivity index (χ4v) is 2.57. The Morgan fingerprint density at radius 2 is 1.89 bits per heavy atom. The maximum atomic E-state index is 13.9. The van der Waals surface area contributed by atoms with E-state index < -0.39 is 11.6 Å². The number of aldehydes is 1. The highest BCUT2D eigenvalue weighted by atomic mass is 19.1. The van der Waals surface area contributed by atoms with E-state index in [4.69, 9.17) is 0 Å². The molecule has 1 aromatic rings. The van der Waals surface area contributed by atoms with Gasteiger partial charge in [-0.05, 0) is 30.4 Å². The summed E-state index contributed by atoms with van der Waals surface area (Å²) in [6.45, 7) is 5.46. The van der Waals surface area contributed by atoms with Crippen molar-refractivity contribution in [3.63, 3.8) is 0 Å². The minimum Gasteiger partial charge on any atom is -0.366 e.